The molecule has 0 radical (unpaired) electrons. The second kappa shape index (κ2) is 7.98. The van der Waals surface area contributed by atoms with E-state index in [9.17, 15) is 4.79 Å². The highest BCUT2D eigenvalue weighted by Crippen LogP contribution is 2.25. The Hall–Kier alpha value is -3.93. The van der Waals surface area contributed by atoms with Crippen LogP contribution in [0.5, 0.6) is 5.75 Å². The number of benzene rings is 3. The number of nitrogens with zero attached hydrogens (tertiary/aromatic N) is 2. The van der Waals surface area contributed by atoms with E-state index >= 15 is 0 Å². The molecule has 0 unspecified atom stereocenters. The number of rotatable bonds is 5. The molecule has 0 aliphatic rings. The molecule has 0 saturated heterocycles. The van der Waals surface area contributed by atoms with E-state index in [0.29, 0.717) is 28.7 Å². The zero-order valence-corrected chi connectivity index (χ0v) is 16.0. The van der Waals surface area contributed by atoms with Gasteiger partial charge in [0, 0.05) is 22.4 Å². The molecule has 0 aliphatic carbocycles. The maximum absolute atomic E-state index is 12.5. The van der Waals surface area contributed by atoms with Gasteiger partial charge in [-0.25, -0.2) is 0 Å². The maximum Gasteiger partial charge on any atom is 0.258 e. The largest absolute Gasteiger partial charge is 0.497 e. The van der Waals surface area contributed by atoms with E-state index in [-0.39, 0.29) is 5.91 Å². The van der Waals surface area contributed by atoms with Crippen molar-refractivity contribution in [3.63, 3.8) is 0 Å². The highest BCUT2D eigenvalue weighted by Gasteiger charge is 2.12. The predicted octanol–water partition coefficient (Wildman–Crippen LogP) is 4.97. The SMILES string of the molecule is COc1ccc(C(=O)Nc2cccc(-c3nc(-c4ccc(C)cc4)no3)c2)cc1. The number of hydrogen-bond donors (Lipinski definition) is 1. The third-order valence-corrected chi connectivity index (χ3v) is 4.46. The lowest BCUT2D eigenvalue weighted by Gasteiger charge is -2.07. The molecule has 0 spiro atoms. The third kappa shape index (κ3) is 4.16. The molecule has 29 heavy (non-hydrogen) atoms. The fraction of sp³-hybridized carbons (Fsp3) is 0.0870. The number of hydrogen-bond acceptors (Lipinski definition) is 5. The Morgan fingerprint density at radius 2 is 1.72 bits per heavy atom. The summed E-state index contributed by atoms with van der Waals surface area (Å²) in [5.74, 6) is 1.40. The van der Waals surface area contributed by atoms with Crippen molar-refractivity contribution in [2.75, 3.05) is 12.4 Å². The fourth-order valence-electron chi connectivity index (χ4n) is 2.84. The quantitative estimate of drug-likeness (QED) is 0.525. The second-order valence-corrected chi connectivity index (χ2v) is 6.55. The molecule has 4 aromatic rings. The molecule has 4 rings (SSSR count). The van der Waals surface area contributed by atoms with Gasteiger partial charge in [0.2, 0.25) is 5.82 Å². The van der Waals surface area contributed by atoms with Gasteiger partial charge in [0.05, 0.1) is 7.11 Å². The van der Waals surface area contributed by atoms with Crippen LogP contribution in [0, 0.1) is 6.92 Å². The minimum absolute atomic E-state index is 0.212. The molecule has 6 nitrogen and oxygen atoms in total. The first-order chi connectivity index (χ1) is 14.1. The van der Waals surface area contributed by atoms with Crippen LogP contribution >= 0.6 is 0 Å². The zero-order valence-electron chi connectivity index (χ0n) is 16.0. The van der Waals surface area contributed by atoms with Gasteiger partial charge in [-0.2, -0.15) is 4.98 Å². The normalized spacial score (nSPS) is 10.6. The molecule has 1 aromatic heterocycles. The number of methoxy groups -OCH3 is 1. The molecule has 144 valence electrons. The molecule has 1 amide bonds. The number of carbonyl (C=O) groups is 1. The summed E-state index contributed by atoms with van der Waals surface area (Å²) in [5, 5.41) is 6.94. The summed E-state index contributed by atoms with van der Waals surface area (Å²) in [7, 11) is 1.59. The lowest BCUT2D eigenvalue weighted by atomic mass is 10.1. The summed E-state index contributed by atoms with van der Waals surface area (Å²) >= 11 is 0. The molecule has 0 saturated carbocycles. The Balaban J connectivity index is 1.52. The van der Waals surface area contributed by atoms with Gasteiger partial charge in [0.15, 0.2) is 0 Å². The predicted molar refractivity (Wildman–Crippen MR) is 111 cm³/mol. The Morgan fingerprint density at radius 3 is 2.45 bits per heavy atom. The van der Waals surface area contributed by atoms with Gasteiger partial charge < -0.3 is 14.6 Å². The fourth-order valence-corrected chi connectivity index (χ4v) is 2.84. The first kappa shape index (κ1) is 18.4. The van der Waals surface area contributed by atoms with Crippen molar-refractivity contribution in [2.45, 2.75) is 6.92 Å². The second-order valence-electron chi connectivity index (χ2n) is 6.55. The summed E-state index contributed by atoms with van der Waals surface area (Å²) in [4.78, 5) is 16.9. The zero-order chi connectivity index (χ0) is 20.2. The highest BCUT2D eigenvalue weighted by molar-refractivity contribution is 6.04. The monoisotopic (exact) mass is 385 g/mol. The summed E-state index contributed by atoms with van der Waals surface area (Å²) in [5.41, 5.74) is 3.95. The van der Waals surface area contributed by atoms with Gasteiger partial charge >= 0.3 is 0 Å². The van der Waals surface area contributed by atoms with E-state index < -0.39 is 0 Å². The smallest absolute Gasteiger partial charge is 0.258 e. The number of ether oxygens (including phenoxy) is 1. The number of aryl methyl sites for hydroxylation is 1. The van der Waals surface area contributed by atoms with Gasteiger partial charge in [0.25, 0.3) is 11.8 Å². The standard InChI is InChI=1S/C23H19N3O3/c1-15-6-8-16(9-7-15)21-25-23(29-26-21)18-4-3-5-19(14-18)24-22(27)17-10-12-20(28-2)13-11-17/h3-14H,1-2H3,(H,24,27). The minimum Gasteiger partial charge on any atom is -0.497 e. The first-order valence-corrected chi connectivity index (χ1v) is 9.09. The molecule has 0 bridgehead atoms. The van der Waals surface area contributed by atoms with E-state index in [0.717, 1.165) is 16.7 Å². The number of nitrogens with one attached hydrogen (secondary N) is 1. The van der Waals surface area contributed by atoms with Crippen LogP contribution < -0.4 is 10.1 Å². The van der Waals surface area contributed by atoms with Crippen LogP contribution in [-0.4, -0.2) is 23.2 Å². The Bertz CT molecular complexity index is 1130. The van der Waals surface area contributed by atoms with E-state index in [2.05, 4.69) is 15.5 Å². The molecule has 0 fully saturated rings. The van der Waals surface area contributed by atoms with Crippen molar-refractivity contribution < 1.29 is 14.1 Å². The molecule has 0 atom stereocenters. The molecule has 3 aromatic carbocycles. The Morgan fingerprint density at radius 1 is 0.966 bits per heavy atom. The van der Waals surface area contributed by atoms with Crippen LogP contribution in [0.3, 0.4) is 0 Å². The van der Waals surface area contributed by atoms with Crippen LogP contribution in [0.4, 0.5) is 5.69 Å². The molecule has 0 aliphatic heterocycles. The van der Waals surface area contributed by atoms with Gasteiger partial charge in [-0.3, -0.25) is 4.79 Å². The van der Waals surface area contributed by atoms with E-state index in [1.54, 1.807) is 37.4 Å². The average molecular weight is 385 g/mol. The third-order valence-electron chi connectivity index (χ3n) is 4.46. The van der Waals surface area contributed by atoms with Crippen molar-refractivity contribution >= 4 is 11.6 Å². The van der Waals surface area contributed by atoms with E-state index in [1.807, 2.05) is 49.4 Å². The van der Waals surface area contributed by atoms with Crippen LogP contribution in [0.25, 0.3) is 22.8 Å². The van der Waals surface area contributed by atoms with Crippen LogP contribution in [0.2, 0.25) is 0 Å². The van der Waals surface area contributed by atoms with Gasteiger partial charge in [0.1, 0.15) is 5.75 Å². The summed E-state index contributed by atoms with van der Waals surface area (Å²) in [6, 6.07) is 22.1. The topological polar surface area (TPSA) is 77.2 Å². The molecular formula is C23H19N3O3. The number of carbonyl (C=O) groups excluding carboxylic acids is 1. The summed E-state index contributed by atoms with van der Waals surface area (Å²) < 4.78 is 10.5. The summed E-state index contributed by atoms with van der Waals surface area (Å²) in [6.07, 6.45) is 0. The molecular weight excluding hydrogens is 366 g/mol. The van der Waals surface area contributed by atoms with Crippen LogP contribution in [0.1, 0.15) is 15.9 Å². The van der Waals surface area contributed by atoms with Crippen molar-refractivity contribution in [2.24, 2.45) is 0 Å². The highest BCUT2D eigenvalue weighted by atomic mass is 16.5. The lowest BCUT2D eigenvalue weighted by Crippen LogP contribution is -2.11. The number of aromatic nitrogens is 2. The van der Waals surface area contributed by atoms with Crippen molar-refractivity contribution in [3.8, 4) is 28.6 Å². The first-order valence-electron chi connectivity index (χ1n) is 9.09. The van der Waals surface area contributed by atoms with Gasteiger partial charge in [-0.1, -0.05) is 41.1 Å². The molecule has 6 heteroatoms. The Labute approximate surface area is 168 Å². The lowest BCUT2D eigenvalue weighted by molar-refractivity contribution is 0.102. The van der Waals surface area contributed by atoms with Crippen molar-refractivity contribution in [1.82, 2.24) is 10.1 Å². The van der Waals surface area contributed by atoms with Crippen molar-refractivity contribution in [3.05, 3.63) is 83.9 Å². The molecule has 1 heterocycles. The maximum atomic E-state index is 12.5. The van der Waals surface area contributed by atoms with Gasteiger partial charge in [-0.05, 0) is 49.4 Å². The van der Waals surface area contributed by atoms with Gasteiger partial charge in [-0.15, -0.1) is 0 Å². The number of anilines is 1. The minimum atomic E-state index is -0.212. The van der Waals surface area contributed by atoms with E-state index in [4.69, 9.17) is 9.26 Å². The summed E-state index contributed by atoms with van der Waals surface area (Å²) in [6.45, 7) is 2.02. The van der Waals surface area contributed by atoms with Crippen LogP contribution in [0.15, 0.2) is 77.3 Å². The Kier molecular flexibility index (Phi) is 5.07. The van der Waals surface area contributed by atoms with E-state index in [1.165, 1.54) is 0 Å². The average Bonchev–Trinajstić information content (AvgIpc) is 3.25. The molecule has 1 N–H and O–H groups in total. The number of amides is 1. The van der Waals surface area contributed by atoms with Crippen LogP contribution in [-0.2, 0) is 0 Å². The van der Waals surface area contributed by atoms with Crippen molar-refractivity contribution in [1.29, 1.82) is 0 Å².